The summed E-state index contributed by atoms with van der Waals surface area (Å²) in [6, 6.07) is 1.21. The fourth-order valence-electron chi connectivity index (χ4n) is 2.40. The molecule has 1 aromatic rings. The van der Waals surface area contributed by atoms with Crippen LogP contribution in [0.1, 0.15) is 37.0 Å². The number of hydrogen-bond acceptors (Lipinski definition) is 5. The Bertz CT molecular complexity index is 577. The lowest BCUT2D eigenvalue weighted by molar-refractivity contribution is -0.385. The number of nitrogens with one attached hydrogen (secondary N) is 1. The lowest BCUT2D eigenvalue weighted by Crippen LogP contribution is -2.45. The Morgan fingerprint density at radius 2 is 2.33 bits per heavy atom. The number of nitro groups is 1. The molecule has 0 radical (unpaired) electrons. The van der Waals surface area contributed by atoms with E-state index in [-0.39, 0.29) is 22.4 Å². The number of nitrogens with zero attached hydrogens (tertiary/aromatic N) is 2. The number of carbonyl (C=O) groups excluding carboxylic acids is 1. The number of aromatic nitrogens is 1. The monoisotopic (exact) mass is 313 g/mol. The lowest BCUT2D eigenvalue weighted by Gasteiger charge is -2.35. The molecule has 114 valence electrons. The molecule has 0 aromatic carbocycles. The van der Waals surface area contributed by atoms with Gasteiger partial charge in [-0.3, -0.25) is 14.9 Å². The number of pyridine rings is 1. The molecular formula is C13H16ClN3O4. The number of amides is 1. The lowest BCUT2D eigenvalue weighted by atomic mass is 9.94. The molecule has 1 saturated heterocycles. The summed E-state index contributed by atoms with van der Waals surface area (Å²) in [7, 11) is 0. The van der Waals surface area contributed by atoms with Crippen LogP contribution >= 0.6 is 11.6 Å². The molecule has 7 nitrogen and oxygen atoms in total. The van der Waals surface area contributed by atoms with Crippen LogP contribution in [-0.2, 0) is 4.74 Å². The van der Waals surface area contributed by atoms with Gasteiger partial charge in [0.15, 0.2) is 0 Å². The van der Waals surface area contributed by atoms with Crippen molar-refractivity contribution in [1.82, 2.24) is 10.3 Å². The van der Waals surface area contributed by atoms with E-state index in [4.69, 9.17) is 16.3 Å². The van der Waals surface area contributed by atoms with Gasteiger partial charge in [0.1, 0.15) is 5.56 Å². The second-order valence-electron chi connectivity index (χ2n) is 5.53. The van der Waals surface area contributed by atoms with Gasteiger partial charge in [-0.05, 0) is 32.8 Å². The quantitative estimate of drug-likeness (QED) is 0.525. The van der Waals surface area contributed by atoms with Gasteiger partial charge >= 0.3 is 5.69 Å². The summed E-state index contributed by atoms with van der Waals surface area (Å²) in [5.41, 5.74) is -0.870. The standard InChI is InChI=1S/C13H16ClN3O4/c1-13(2)7-8(4-6-21-13)16-12(18)9-3-5-15-11(14)10(9)17(19)20/h3,5,8H,4,6-7H2,1-2H3,(H,16,18). The highest BCUT2D eigenvalue weighted by atomic mass is 35.5. The van der Waals surface area contributed by atoms with Gasteiger partial charge in [-0.2, -0.15) is 0 Å². The smallest absolute Gasteiger partial charge is 0.319 e. The van der Waals surface area contributed by atoms with Crippen molar-refractivity contribution >= 4 is 23.2 Å². The number of ether oxygens (including phenoxy) is 1. The Morgan fingerprint density at radius 1 is 1.62 bits per heavy atom. The van der Waals surface area contributed by atoms with Crippen LogP contribution in [0.4, 0.5) is 5.69 Å². The Labute approximate surface area is 126 Å². The molecule has 1 atom stereocenters. The molecule has 0 aliphatic carbocycles. The first kappa shape index (κ1) is 15.7. The fraction of sp³-hybridized carbons (Fsp3) is 0.538. The summed E-state index contributed by atoms with van der Waals surface area (Å²) in [4.78, 5) is 26.2. The van der Waals surface area contributed by atoms with E-state index in [9.17, 15) is 14.9 Å². The van der Waals surface area contributed by atoms with E-state index in [2.05, 4.69) is 10.3 Å². The third kappa shape index (κ3) is 3.68. The third-order valence-electron chi connectivity index (χ3n) is 3.34. The van der Waals surface area contributed by atoms with Crippen LogP contribution in [0, 0.1) is 10.1 Å². The highest BCUT2D eigenvalue weighted by Crippen LogP contribution is 2.27. The second-order valence-corrected chi connectivity index (χ2v) is 5.88. The molecule has 1 aromatic heterocycles. The predicted octanol–water partition coefficient (Wildman–Crippen LogP) is 2.33. The fourth-order valence-corrected chi connectivity index (χ4v) is 2.63. The summed E-state index contributed by atoms with van der Waals surface area (Å²) < 4.78 is 5.57. The number of halogens is 1. The van der Waals surface area contributed by atoms with Gasteiger partial charge in [-0.1, -0.05) is 11.6 Å². The van der Waals surface area contributed by atoms with E-state index in [1.165, 1.54) is 12.3 Å². The molecule has 0 bridgehead atoms. The van der Waals surface area contributed by atoms with Crippen molar-refractivity contribution in [3.05, 3.63) is 33.1 Å². The van der Waals surface area contributed by atoms with E-state index in [0.717, 1.165) is 0 Å². The van der Waals surface area contributed by atoms with Gasteiger partial charge < -0.3 is 10.1 Å². The molecule has 1 N–H and O–H groups in total. The zero-order valence-electron chi connectivity index (χ0n) is 11.8. The average molecular weight is 314 g/mol. The van der Waals surface area contributed by atoms with E-state index >= 15 is 0 Å². The molecule has 2 rings (SSSR count). The van der Waals surface area contributed by atoms with Gasteiger partial charge in [-0.25, -0.2) is 4.98 Å². The van der Waals surface area contributed by atoms with Crippen LogP contribution in [0.5, 0.6) is 0 Å². The molecule has 1 aliphatic heterocycles. The molecule has 1 fully saturated rings. The highest BCUT2D eigenvalue weighted by molar-refractivity contribution is 6.32. The zero-order chi connectivity index (χ0) is 15.6. The summed E-state index contributed by atoms with van der Waals surface area (Å²) in [6.45, 7) is 4.42. The Morgan fingerprint density at radius 3 is 2.95 bits per heavy atom. The Kier molecular flexibility index (Phi) is 4.43. The van der Waals surface area contributed by atoms with Crippen LogP contribution in [-0.4, -0.2) is 34.1 Å². The molecule has 0 spiro atoms. The molecule has 1 amide bonds. The summed E-state index contributed by atoms with van der Waals surface area (Å²) in [6.07, 6.45) is 2.59. The largest absolute Gasteiger partial charge is 0.375 e. The van der Waals surface area contributed by atoms with Gasteiger partial charge in [0.05, 0.1) is 10.5 Å². The minimum atomic E-state index is -0.696. The summed E-state index contributed by atoms with van der Waals surface area (Å²) in [5.74, 6) is -0.520. The maximum atomic E-state index is 12.3. The van der Waals surface area contributed by atoms with Crippen molar-refractivity contribution in [2.24, 2.45) is 0 Å². The zero-order valence-corrected chi connectivity index (χ0v) is 12.5. The number of carbonyl (C=O) groups is 1. The van der Waals surface area contributed by atoms with Crippen molar-refractivity contribution < 1.29 is 14.5 Å². The molecule has 0 saturated carbocycles. The second kappa shape index (κ2) is 5.95. The van der Waals surface area contributed by atoms with Crippen LogP contribution in [0.25, 0.3) is 0 Å². The van der Waals surface area contributed by atoms with Gasteiger partial charge in [0.2, 0.25) is 5.15 Å². The molecule has 1 aliphatic rings. The van der Waals surface area contributed by atoms with Crippen molar-refractivity contribution in [3.8, 4) is 0 Å². The molecule has 2 heterocycles. The van der Waals surface area contributed by atoms with Gasteiger partial charge in [-0.15, -0.1) is 0 Å². The highest BCUT2D eigenvalue weighted by Gasteiger charge is 2.32. The normalized spacial score (nSPS) is 20.8. The van der Waals surface area contributed by atoms with Gasteiger partial charge in [0.25, 0.3) is 5.91 Å². The predicted molar refractivity (Wildman–Crippen MR) is 76.4 cm³/mol. The first-order valence-corrected chi connectivity index (χ1v) is 6.92. The number of rotatable bonds is 3. The van der Waals surface area contributed by atoms with Crippen molar-refractivity contribution in [2.45, 2.75) is 38.3 Å². The minimum Gasteiger partial charge on any atom is -0.375 e. The first-order valence-electron chi connectivity index (χ1n) is 6.54. The van der Waals surface area contributed by atoms with E-state index in [1.807, 2.05) is 13.8 Å². The molecule has 21 heavy (non-hydrogen) atoms. The average Bonchev–Trinajstić information content (AvgIpc) is 2.36. The number of hydrogen-bond donors (Lipinski definition) is 1. The van der Waals surface area contributed by atoms with Crippen LogP contribution in [0.15, 0.2) is 12.3 Å². The Balaban J connectivity index is 2.18. The summed E-state index contributed by atoms with van der Waals surface area (Å²) >= 11 is 5.70. The van der Waals surface area contributed by atoms with Crippen molar-refractivity contribution in [1.29, 1.82) is 0 Å². The third-order valence-corrected chi connectivity index (χ3v) is 3.62. The van der Waals surface area contributed by atoms with Gasteiger partial charge in [0, 0.05) is 18.8 Å². The SMILES string of the molecule is CC1(C)CC(NC(=O)c2ccnc(Cl)c2[N+](=O)[O-])CCO1. The minimum absolute atomic E-state index is 0.0794. The maximum absolute atomic E-state index is 12.3. The van der Waals surface area contributed by atoms with Crippen LogP contribution in [0.3, 0.4) is 0 Å². The van der Waals surface area contributed by atoms with Crippen LogP contribution in [0.2, 0.25) is 5.15 Å². The maximum Gasteiger partial charge on any atom is 0.319 e. The summed E-state index contributed by atoms with van der Waals surface area (Å²) in [5, 5.41) is 13.5. The topological polar surface area (TPSA) is 94.4 Å². The van der Waals surface area contributed by atoms with E-state index < -0.39 is 16.5 Å². The molecule has 8 heteroatoms. The molecular weight excluding hydrogens is 298 g/mol. The molecule has 1 unspecified atom stereocenters. The van der Waals surface area contributed by atoms with Crippen LogP contribution < -0.4 is 5.32 Å². The van der Waals surface area contributed by atoms with E-state index in [1.54, 1.807) is 0 Å². The van der Waals surface area contributed by atoms with Crippen molar-refractivity contribution in [3.63, 3.8) is 0 Å². The van der Waals surface area contributed by atoms with Crippen molar-refractivity contribution in [2.75, 3.05) is 6.61 Å². The van der Waals surface area contributed by atoms with E-state index in [0.29, 0.717) is 19.4 Å². The Hall–Kier alpha value is -1.73. The first-order chi connectivity index (χ1) is 9.80.